The number of carbonyl (C=O) groups excluding carboxylic acids is 1. The Morgan fingerprint density at radius 3 is 2.60 bits per heavy atom. The number of nitrogens with one attached hydrogen (secondary N) is 1. The monoisotopic (exact) mass is 234 g/mol. The van der Waals surface area contributed by atoms with Crippen LogP contribution in [0.4, 0.5) is 0 Å². The van der Waals surface area contributed by atoms with Gasteiger partial charge in [0.05, 0.1) is 6.04 Å². The zero-order valence-electron chi connectivity index (χ0n) is 9.14. The summed E-state index contributed by atoms with van der Waals surface area (Å²) in [5.41, 5.74) is 10.6. The van der Waals surface area contributed by atoms with Gasteiger partial charge in [0.15, 0.2) is 0 Å². The van der Waals surface area contributed by atoms with Crippen LogP contribution in [0, 0.1) is 0 Å². The molecule has 0 aromatic carbocycles. The minimum Gasteiger partial charge on any atom is -0.304 e. The molecule has 0 aromatic rings. The van der Waals surface area contributed by atoms with Crippen LogP contribution in [0.25, 0.3) is 0 Å². The van der Waals surface area contributed by atoms with Crippen molar-refractivity contribution in [2.75, 3.05) is 6.54 Å². The maximum Gasteiger partial charge on any atom is 0.302 e. The molecule has 1 aliphatic rings. The summed E-state index contributed by atoms with van der Waals surface area (Å²) in [6.45, 7) is 4.30. The predicted molar refractivity (Wildman–Crippen MR) is 59.0 cm³/mol. The number of carbonyl (C=O) groups is 1. The average molecular weight is 234 g/mol. The van der Waals surface area contributed by atoms with E-state index in [-0.39, 0.29) is 18.0 Å². The Morgan fingerprint density at radius 2 is 2.13 bits per heavy atom. The highest BCUT2D eigenvalue weighted by molar-refractivity contribution is 7.57. The maximum absolute atomic E-state index is 11.8. The second-order valence-corrected chi connectivity index (χ2v) is 5.98. The van der Waals surface area contributed by atoms with Crippen molar-refractivity contribution >= 4 is 13.5 Å². The zero-order valence-corrected chi connectivity index (χ0v) is 10.0. The number of piperidine rings is 1. The smallest absolute Gasteiger partial charge is 0.302 e. The van der Waals surface area contributed by atoms with Crippen LogP contribution in [0.1, 0.15) is 26.7 Å². The highest BCUT2D eigenvalue weighted by Crippen LogP contribution is 2.35. The van der Waals surface area contributed by atoms with Crippen LogP contribution in [-0.4, -0.2) is 29.2 Å². The second kappa shape index (κ2) is 4.61. The van der Waals surface area contributed by atoms with Crippen molar-refractivity contribution in [3.8, 4) is 0 Å². The van der Waals surface area contributed by atoms with Crippen LogP contribution >= 0.6 is 7.59 Å². The number of hydrogen-bond donors (Lipinski definition) is 3. The van der Waals surface area contributed by atoms with Gasteiger partial charge in [-0.1, -0.05) is 13.8 Å². The first kappa shape index (κ1) is 12.6. The molecule has 1 fully saturated rings. The number of nitrogens with zero attached hydrogens (tertiary/aromatic N) is 1. The van der Waals surface area contributed by atoms with E-state index in [0.29, 0.717) is 6.54 Å². The summed E-state index contributed by atoms with van der Waals surface area (Å²) >= 11 is 0. The minimum atomic E-state index is -3.43. The number of amides is 1. The van der Waals surface area contributed by atoms with E-state index in [0.717, 1.165) is 17.5 Å². The van der Waals surface area contributed by atoms with Gasteiger partial charge in [-0.05, 0) is 12.8 Å². The Bertz CT molecular complexity index is 288. The molecule has 0 aliphatic carbocycles. The fourth-order valence-corrected chi connectivity index (χ4v) is 2.63. The van der Waals surface area contributed by atoms with Gasteiger partial charge in [-0.3, -0.25) is 25.0 Å². The average Bonchev–Trinajstić information content (AvgIpc) is 2.05. The van der Waals surface area contributed by atoms with E-state index in [9.17, 15) is 9.36 Å². The van der Waals surface area contributed by atoms with Crippen molar-refractivity contribution in [3.05, 3.63) is 0 Å². The number of rotatable bonds is 3. The van der Waals surface area contributed by atoms with Crippen LogP contribution < -0.4 is 16.3 Å². The minimum absolute atomic E-state index is 0.203. The molecular weight excluding hydrogens is 215 g/mol. The molecule has 1 rings (SSSR count). The summed E-state index contributed by atoms with van der Waals surface area (Å²) in [4.78, 5) is 11.8. The van der Waals surface area contributed by atoms with E-state index in [2.05, 4.69) is 5.32 Å². The van der Waals surface area contributed by atoms with Crippen molar-refractivity contribution in [2.24, 2.45) is 11.0 Å². The Labute approximate surface area is 89.9 Å². The van der Waals surface area contributed by atoms with Gasteiger partial charge in [0, 0.05) is 12.6 Å². The summed E-state index contributed by atoms with van der Waals surface area (Å²) in [5.74, 6) is -0.247. The molecule has 0 bridgehead atoms. The molecule has 0 radical (unpaired) electrons. The molecule has 0 aromatic heterocycles. The summed E-state index contributed by atoms with van der Waals surface area (Å²) < 4.78 is 12.6. The van der Waals surface area contributed by atoms with Crippen LogP contribution in [0.15, 0.2) is 0 Å². The first-order valence-corrected chi connectivity index (χ1v) is 6.87. The van der Waals surface area contributed by atoms with Crippen LogP contribution in [0.3, 0.4) is 0 Å². The molecule has 1 atom stereocenters. The molecule has 1 amide bonds. The first-order chi connectivity index (χ1) is 6.82. The molecule has 1 heterocycles. The zero-order chi connectivity index (χ0) is 11.6. The lowest BCUT2D eigenvalue weighted by molar-refractivity contribution is -0.131. The highest BCUT2D eigenvalue weighted by atomic mass is 31.2. The van der Waals surface area contributed by atoms with Crippen LogP contribution in [0.5, 0.6) is 0 Å². The van der Waals surface area contributed by atoms with E-state index in [1.807, 2.05) is 13.8 Å². The van der Waals surface area contributed by atoms with Gasteiger partial charge in [0.2, 0.25) is 5.91 Å². The van der Waals surface area contributed by atoms with Crippen LogP contribution in [0.2, 0.25) is 0 Å². The summed E-state index contributed by atoms with van der Waals surface area (Å²) in [6.07, 6.45) is 1.52. The highest BCUT2D eigenvalue weighted by Gasteiger charge is 2.35. The van der Waals surface area contributed by atoms with Gasteiger partial charge in [-0.15, -0.1) is 0 Å². The van der Waals surface area contributed by atoms with E-state index < -0.39 is 7.59 Å². The maximum atomic E-state index is 11.8. The Hall–Kier alpha value is -0.420. The summed E-state index contributed by atoms with van der Waals surface area (Å²) in [7, 11) is -3.43. The normalized spacial score (nSPS) is 23.7. The SMILES string of the molecule is CC(C)N[C@H]1CCCN(P(N)(N)=O)C1=O. The Balaban J connectivity index is 2.72. The lowest BCUT2D eigenvalue weighted by Crippen LogP contribution is -2.52. The molecule has 6 nitrogen and oxygen atoms in total. The molecule has 7 heteroatoms. The Kier molecular flexibility index (Phi) is 3.89. The third-order valence-electron chi connectivity index (χ3n) is 2.33. The lowest BCUT2D eigenvalue weighted by Gasteiger charge is -2.34. The van der Waals surface area contributed by atoms with Crippen LogP contribution in [-0.2, 0) is 9.36 Å². The van der Waals surface area contributed by atoms with E-state index in [4.69, 9.17) is 11.0 Å². The second-order valence-electron chi connectivity index (χ2n) is 4.15. The van der Waals surface area contributed by atoms with E-state index >= 15 is 0 Å². The molecule has 0 unspecified atom stereocenters. The van der Waals surface area contributed by atoms with Gasteiger partial charge in [-0.25, -0.2) is 0 Å². The largest absolute Gasteiger partial charge is 0.304 e. The lowest BCUT2D eigenvalue weighted by atomic mass is 10.1. The van der Waals surface area contributed by atoms with Gasteiger partial charge < -0.3 is 5.32 Å². The topological polar surface area (TPSA) is 101 Å². The van der Waals surface area contributed by atoms with E-state index in [1.165, 1.54) is 0 Å². The van der Waals surface area contributed by atoms with Crippen molar-refractivity contribution in [3.63, 3.8) is 0 Å². The molecule has 0 spiro atoms. The molecule has 1 saturated heterocycles. The molecule has 5 N–H and O–H groups in total. The molecule has 88 valence electrons. The van der Waals surface area contributed by atoms with Crippen molar-refractivity contribution < 1.29 is 9.36 Å². The number of nitrogens with two attached hydrogens (primary N) is 2. The molecule has 0 saturated carbocycles. The first-order valence-electron chi connectivity index (χ1n) is 5.07. The standard InChI is InChI=1S/C8H19N4O2P/c1-6(2)11-7-4-3-5-12(8(7)13)15(9,10)14/h6-7,11H,3-5H2,1-2H3,(H4,9,10,14)/t7-/m0/s1. The molecule has 1 aliphatic heterocycles. The van der Waals surface area contributed by atoms with Crippen molar-refractivity contribution in [2.45, 2.75) is 38.8 Å². The van der Waals surface area contributed by atoms with Gasteiger partial charge in [0.25, 0.3) is 0 Å². The fraction of sp³-hybridized carbons (Fsp3) is 0.875. The summed E-state index contributed by atoms with van der Waals surface area (Å²) in [5, 5.41) is 3.11. The Morgan fingerprint density at radius 1 is 1.53 bits per heavy atom. The van der Waals surface area contributed by atoms with Crippen molar-refractivity contribution in [1.29, 1.82) is 0 Å². The number of hydrogen-bond acceptors (Lipinski definition) is 3. The van der Waals surface area contributed by atoms with Crippen molar-refractivity contribution in [1.82, 2.24) is 9.99 Å². The van der Waals surface area contributed by atoms with Gasteiger partial charge in [-0.2, -0.15) is 0 Å². The quantitative estimate of drug-likeness (QED) is 0.597. The molecular formula is C8H19N4O2P. The summed E-state index contributed by atoms with van der Waals surface area (Å²) in [6, 6.07) is -0.104. The third-order valence-corrected chi connectivity index (χ3v) is 3.48. The third kappa shape index (κ3) is 3.28. The van der Waals surface area contributed by atoms with E-state index in [1.54, 1.807) is 0 Å². The van der Waals surface area contributed by atoms with Gasteiger partial charge in [0.1, 0.15) is 0 Å². The molecule has 15 heavy (non-hydrogen) atoms. The van der Waals surface area contributed by atoms with Gasteiger partial charge >= 0.3 is 7.59 Å². The fourth-order valence-electron chi connectivity index (χ4n) is 1.73. The predicted octanol–water partition coefficient (Wildman–Crippen LogP) is 0.000900.